The first-order chi connectivity index (χ1) is 16.7. The number of methoxy groups -OCH3 is 1. The van der Waals surface area contributed by atoms with Crippen molar-refractivity contribution in [2.45, 2.75) is 24.3 Å². The van der Waals surface area contributed by atoms with Gasteiger partial charge in [-0.05, 0) is 48.9 Å². The summed E-state index contributed by atoms with van der Waals surface area (Å²) < 4.78 is 32.5. The molecule has 0 aliphatic heterocycles. The van der Waals surface area contributed by atoms with Gasteiger partial charge in [0.25, 0.3) is 10.0 Å². The van der Waals surface area contributed by atoms with E-state index in [9.17, 15) is 18.0 Å². The summed E-state index contributed by atoms with van der Waals surface area (Å²) in [5.41, 5.74) is 7.17. The number of para-hydroxylation sites is 1. The van der Waals surface area contributed by atoms with E-state index in [-0.39, 0.29) is 17.0 Å². The number of carbonyl (C=O) groups excluding carboxylic acids is 2. The van der Waals surface area contributed by atoms with E-state index in [0.717, 1.165) is 5.56 Å². The minimum absolute atomic E-state index is 0.00127. The van der Waals surface area contributed by atoms with Crippen LogP contribution in [-0.2, 0) is 21.2 Å². The third-order valence-corrected chi connectivity index (χ3v) is 6.69. The second-order valence-corrected chi connectivity index (χ2v) is 9.29. The van der Waals surface area contributed by atoms with Gasteiger partial charge in [0.2, 0.25) is 5.91 Å². The Morgan fingerprint density at radius 2 is 1.60 bits per heavy atom. The fraction of sp³-hybridized carbons (Fsp3) is 0.200. The number of ether oxygens (including phenoxy) is 1. The van der Waals surface area contributed by atoms with Gasteiger partial charge in [-0.1, -0.05) is 42.5 Å². The average Bonchev–Trinajstić information content (AvgIpc) is 2.85. The van der Waals surface area contributed by atoms with Gasteiger partial charge in [-0.15, -0.1) is 0 Å². The zero-order chi connectivity index (χ0) is 25.4. The minimum Gasteiger partial charge on any atom is -0.497 e. The highest BCUT2D eigenvalue weighted by molar-refractivity contribution is 7.90. The van der Waals surface area contributed by atoms with E-state index in [1.165, 1.54) is 23.1 Å². The number of carbonyl (C=O) groups is 2. The standard InChI is InChI=1S/C25H28N4O5S/c1-3-29(19-13-15-20(34-2)16-14-19)24(30)22(17-18-9-5-4-6-10-18)27-25(31)28-35(32,33)23-12-8-7-11-21(23)26/h4-16,22H,3,17,26H2,1-2H3,(H2,27,28,31)/t22-/m0/s1. The SMILES string of the molecule is CCN(C(=O)[C@H](Cc1ccccc1)NC(=O)NS(=O)(=O)c1ccccc1N)c1ccc(OC)cc1. The summed E-state index contributed by atoms with van der Waals surface area (Å²) in [5.74, 6) is 0.245. The van der Waals surface area contributed by atoms with Crippen LogP contribution in [0.5, 0.6) is 5.75 Å². The molecule has 0 aliphatic rings. The second-order valence-electron chi connectivity index (χ2n) is 7.64. The molecule has 0 saturated heterocycles. The lowest BCUT2D eigenvalue weighted by Gasteiger charge is -2.27. The molecule has 3 amide bonds. The zero-order valence-corrected chi connectivity index (χ0v) is 20.3. The monoisotopic (exact) mass is 496 g/mol. The van der Waals surface area contributed by atoms with Crippen LogP contribution in [-0.4, -0.2) is 40.1 Å². The van der Waals surface area contributed by atoms with Crippen LogP contribution in [0.2, 0.25) is 0 Å². The Morgan fingerprint density at radius 1 is 0.971 bits per heavy atom. The number of nitrogens with two attached hydrogens (primary N) is 1. The third kappa shape index (κ3) is 6.51. The molecule has 10 heteroatoms. The molecule has 0 aromatic heterocycles. The van der Waals surface area contributed by atoms with Crippen molar-refractivity contribution in [3.8, 4) is 5.75 Å². The highest BCUT2D eigenvalue weighted by Gasteiger charge is 2.29. The molecule has 184 valence electrons. The van der Waals surface area contributed by atoms with E-state index in [4.69, 9.17) is 10.5 Å². The van der Waals surface area contributed by atoms with Crippen molar-refractivity contribution in [3.63, 3.8) is 0 Å². The van der Waals surface area contributed by atoms with Crippen LogP contribution < -0.4 is 25.4 Å². The Bertz CT molecular complexity index is 1260. The summed E-state index contributed by atoms with van der Waals surface area (Å²) in [6.07, 6.45) is 0.160. The summed E-state index contributed by atoms with van der Waals surface area (Å²) >= 11 is 0. The van der Waals surface area contributed by atoms with E-state index in [2.05, 4.69) is 5.32 Å². The van der Waals surface area contributed by atoms with Gasteiger partial charge in [0.1, 0.15) is 16.7 Å². The van der Waals surface area contributed by atoms with Crippen molar-refractivity contribution in [1.82, 2.24) is 10.0 Å². The molecule has 0 radical (unpaired) electrons. The van der Waals surface area contributed by atoms with E-state index in [1.807, 2.05) is 42.0 Å². The largest absolute Gasteiger partial charge is 0.497 e. The Hall–Kier alpha value is -4.05. The predicted molar refractivity (Wildman–Crippen MR) is 135 cm³/mol. The summed E-state index contributed by atoms with van der Waals surface area (Å²) in [7, 11) is -2.70. The van der Waals surface area contributed by atoms with Crippen LogP contribution in [0.4, 0.5) is 16.2 Å². The van der Waals surface area contributed by atoms with Crippen LogP contribution in [0.3, 0.4) is 0 Å². The van der Waals surface area contributed by atoms with Crippen molar-refractivity contribution in [1.29, 1.82) is 0 Å². The molecule has 3 aromatic rings. The molecule has 1 atom stereocenters. The number of amides is 3. The first kappa shape index (κ1) is 25.6. The topological polar surface area (TPSA) is 131 Å². The lowest BCUT2D eigenvalue weighted by atomic mass is 10.0. The number of nitrogen functional groups attached to an aromatic ring is 1. The van der Waals surface area contributed by atoms with Gasteiger partial charge in [-0.2, -0.15) is 0 Å². The zero-order valence-electron chi connectivity index (χ0n) is 19.5. The van der Waals surface area contributed by atoms with Gasteiger partial charge in [0.15, 0.2) is 0 Å². The molecule has 3 aromatic carbocycles. The summed E-state index contributed by atoms with van der Waals surface area (Å²) in [5, 5.41) is 2.53. The molecule has 0 aliphatic carbocycles. The second kappa shape index (κ2) is 11.4. The number of nitrogens with zero attached hydrogens (tertiary/aromatic N) is 1. The molecular weight excluding hydrogens is 468 g/mol. The number of urea groups is 1. The van der Waals surface area contributed by atoms with Crippen molar-refractivity contribution < 1.29 is 22.7 Å². The summed E-state index contributed by atoms with van der Waals surface area (Å²) in [6, 6.07) is 19.8. The number of likely N-dealkylation sites (N-methyl/N-ethyl adjacent to an activating group) is 1. The fourth-order valence-electron chi connectivity index (χ4n) is 3.56. The maximum absolute atomic E-state index is 13.5. The smallest absolute Gasteiger partial charge is 0.329 e. The maximum atomic E-state index is 13.5. The van der Waals surface area contributed by atoms with E-state index < -0.39 is 28.0 Å². The van der Waals surface area contributed by atoms with Crippen LogP contribution in [0.15, 0.2) is 83.8 Å². The van der Waals surface area contributed by atoms with E-state index in [1.54, 1.807) is 37.4 Å². The average molecular weight is 497 g/mol. The number of hydrogen-bond donors (Lipinski definition) is 3. The van der Waals surface area contributed by atoms with Gasteiger partial charge in [-0.25, -0.2) is 17.9 Å². The molecule has 3 rings (SSSR count). The molecule has 9 nitrogen and oxygen atoms in total. The van der Waals surface area contributed by atoms with Gasteiger partial charge in [-0.3, -0.25) is 4.79 Å². The predicted octanol–water partition coefficient (Wildman–Crippen LogP) is 2.93. The molecule has 0 heterocycles. The first-order valence-electron chi connectivity index (χ1n) is 10.9. The van der Waals surface area contributed by atoms with Crippen LogP contribution in [0, 0.1) is 0 Å². The lowest BCUT2D eigenvalue weighted by Crippen LogP contribution is -2.53. The molecule has 0 spiro atoms. The molecule has 0 fully saturated rings. The lowest BCUT2D eigenvalue weighted by molar-refractivity contribution is -0.120. The van der Waals surface area contributed by atoms with Crippen LogP contribution in [0.25, 0.3) is 0 Å². The number of nitrogens with one attached hydrogen (secondary N) is 2. The first-order valence-corrected chi connectivity index (χ1v) is 12.4. The third-order valence-electron chi connectivity index (χ3n) is 5.29. The molecule has 0 unspecified atom stereocenters. The van der Waals surface area contributed by atoms with Crippen LogP contribution >= 0.6 is 0 Å². The van der Waals surface area contributed by atoms with E-state index >= 15 is 0 Å². The number of hydrogen-bond acceptors (Lipinski definition) is 6. The van der Waals surface area contributed by atoms with Crippen molar-refractivity contribution in [3.05, 3.63) is 84.4 Å². The molecule has 0 saturated carbocycles. The number of sulfonamides is 1. The quantitative estimate of drug-likeness (QED) is 0.391. The number of anilines is 2. The Labute approximate surface area is 204 Å². The fourth-order valence-corrected chi connectivity index (χ4v) is 4.60. The van der Waals surface area contributed by atoms with Crippen molar-refractivity contribution in [2.24, 2.45) is 0 Å². The Morgan fingerprint density at radius 3 is 2.20 bits per heavy atom. The van der Waals surface area contributed by atoms with Gasteiger partial charge in [0.05, 0.1) is 12.8 Å². The molecule has 4 N–H and O–H groups in total. The number of benzene rings is 3. The van der Waals surface area contributed by atoms with Crippen molar-refractivity contribution in [2.75, 3.05) is 24.3 Å². The summed E-state index contributed by atoms with van der Waals surface area (Å²) in [4.78, 5) is 27.6. The van der Waals surface area contributed by atoms with Crippen molar-refractivity contribution >= 4 is 33.3 Å². The normalized spacial score (nSPS) is 11.8. The summed E-state index contributed by atoms with van der Waals surface area (Å²) in [6.45, 7) is 2.14. The molecular formula is C25H28N4O5S. The van der Waals surface area contributed by atoms with Gasteiger partial charge >= 0.3 is 6.03 Å². The Kier molecular flexibility index (Phi) is 8.32. The number of rotatable bonds is 9. The molecule has 0 bridgehead atoms. The maximum Gasteiger partial charge on any atom is 0.329 e. The van der Waals surface area contributed by atoms with Crippen LogP contribution in [0.1, 0.15) is 12.5 Å². The highest BCUT2D eigenvalue weighted by Crippen LogP contribution is 2.21. The van der Waals surface area contributed by atoms with Gasteiger partial charge < -0.3 is 20.7 Å². The Balaban J connectivity index is 1.85. The molecule has 35 heavy (non-hydrogen) atoms. The minimum atomic E-state index is -4.25. The van der Waals surface area contributed by atoms with E-state index in [0.29, 0.717) is 18.0 Å². The highest BCUT2D eigenvalue weighted by atomic mass is 32.2. The van der Waals surface area contributed by atoms with Gasteiger partial charge in [0, 0.05) is 18.7 Å².